The molecule has 0 amide bonds. The Morgan fingerprint density at radius 3 is 2.73 bits per heavy atom. The maximum Gasteiger partial charge on any atom is 0.142 e. The van der Waals surface area contributed by atoms with Crippen LogP contribution in [0.3, 0.4) is 0 Å². The van der Waals surface area contributed by atoms with Crippen LogP contribution in [0.1, 0.15) is 48.4 Å². The molecule has 6 heterocycles. The highest BCUT2D eigenvalue weighted by Gasteiger charge is 2.36. The summed E-state index contributed by atoms with van der Waals surface area (Å²) in [6.07, 6.45) is 4.91. The number of thiophene rings is 1. The van der Waals surface area contributed by atoms with Crippen molar-refractivity contribution in [2.75, 3.05) is 36.8 Å². The molecule has 6 heteroatoms. The number of rotatable bonds is 3. The lowest BCUT2D eigenvalue weighted by Crippen LogP contribution is -2.40. The number of nitrogens with two attached hydrogens (primary N) is 1. The summed E-state index contributed by atoms with van der Waals surface area (Å²) in [5, 5.41) is 12.0. The van der Waals surface area contributed by atoms with Crippen LogP contribution in [0.2, 0.25) is 0 Å². The minimum Gasteiger partial charge on any atom is -0.383 e. The molecular weight excluding hydrogens is 342 g/mol. The first kappa shape index (κ1) is 16.1. The van der Waals surface area contributed by atoms with Crippen LogP contribution in [-0.2, 0) is 6.54 Å². The van der Waals surface area contributed by atoms with Crippen molar-refractivity contribution in [2.24, 2.45) is 0 Å². The third kappa shape index (κ3) is 2.50. The van der Waals surface area contributed by atoms with E-state index in [2.05, 4.69) is 32.3 Å². The van der Waals surface area contributed by atoms with Crippen molar-refractivity contribution in [3.8, 4) is 16.5 Å². The van der Waals surface area contributed by atoms with Crippen LogP contribution in [0, 0.1) is 11.3 Å². The first-order chi connectivity index (χ1) is 12.7. The van der Waals surface area contributed by atoms with Crippen LogP contribution < -0.4 is 10.6 Å². The molecule has 2 fully saturated rings. The Morgan fingerprint density at radius 2 is 2.00 bits per heavy atom. The average Bonchev–Trinajstić information content (AvgIpc) is 3.34. The quantitative estimate of drug-likeness (QED) is 0.901. The lowest BCUT2D eigenvalue weighted by Gasteiger charge is -2.42. The van der Waals surface area contributed by atoms with Crippen molar-refractivity contribution in [1.82, 2.24) is 9.88 Å². The van der Waals surface area contributed by atoms with Gasteiger partial charge in [0.05, 0.1) is 11.4 Å². The molecule has 4 aliphatic heterocycles. The lowest BCUT2D eigenvalue weighted by molar-refractivity contribution is 0.332. The SMILES string of the molecule is N#Cc1c(N)nc2c(c1-c1cc(CN3CCCC3)cs1)N1CCC2CC1. The number of nitrogen functional groups attached to an aromatic ring is 1. The van der Waals surface area contributed by atoms with E-state index in [1.54, 1.807) is 11.3 Å². The molecule has 0 spiro atoms. The number of likely N-dealkylation sites (tertiary alicyclic amines) is 1. The number of hydrogen-bond acceptors (Lipinski definition) is 6. The van der Waals surface area contributed by atoms with Gasteiger partial charge in [0.15, 0.2) is 0 Å². The van der Waals surface area contributed by atoms with Crippen LogP contribution in [-0.4, -0.2) is 36.1 Å². The minimum absolute atomic E-state index is 0.393. The molecule has 0 radical (unpaired) electrons. The number of hydrogen-bond donors (Lipinski definition) is 1. The Morgan fingerprint density at radius 1 is 1.23 bits per heavy atom. The lowest BCUT2D eigenvalue weighted by atomic mass is 9.84. The first-order valence-electron chi connectivity index (χ1n) is 9.53. The number of fused-ring (bicyclic) bond motifs is 2. The minimum atomic E-state index is 0.393. The highest BCUT2D eigenvalue weighted by atomic mass is 32.1. The number of aromatic nitrogens is 1. The van der Waals surface area contributed by atoms with E-state index in [1.807, 2.05) is 0 Å². The number of nitrogens with zero attached hydrogens (tertiary/aromatic N) is 4. The van der Waals surface area contributed by atoms with Gasteiger partial charge in [0.25, 0.3) is 0 Å². The van der Waals surface area contributed by atoms with Crippen molar-refractivity contribution in [2.45, 2.75) is 38.1 Å². The summed E-state index contributed by atoms with van der Waals surface area (Å²) in [6.45, 7) is 5.52. The Bertz CT molecular complexity index is 882. The second-order valence-electron chi connectivity index (χ2n) is 7.66. The van der Waals surface area contributed by atoms with Gasteiger partial charge in [-0.2, -0.15) is 5.26 Å². The fourth-order valence-corrected chi connectivity index (χ4v) is 5.69. The molecule has 2 aromatic rings. The van der Waals surface area contributed by atoms with Crippen LogP contribution in [0.15, 0.2) is 11.4 Å². The van der Waals surface area contributed by atoms with E-state index in [-0.39, 0.29) is 0 Å². The molecule has 6 rings (SSSR count). The molecule has 2 saturated heterocycles. The fraction of sp³-hybridized carbons (Fsp3) is 0.500. The summed E-state index contributed by atoms with van der Waals surface area (Å²) in [7, 11) is 0. The highest BCUT2D eigenvalue weighted by molar-refractivity contribution is 7.13. The van der Waals surface area contributed by atoms with Gasteiger partial charge in [-0.1, -0.05) is 0 Å². The van der Waals surface area contributed by atoms with E-state index < -0.39 is 0 Å². The molecule has 2 aromatic heterocycles. The Kier molecular flexibility index (Phi) is 3.87. The Hall–Kier alpha value is -2.10. The number of anilines is 2. The predicted molar refractivity (Wildman–Crippen MR) is 105 cm³/mol. The van der Waals surface area contributed by atoms with E-state index in [4.69, 9.17) is 5.73 Å². The van der Waals surface area contributed by atoms with Gasteiger partial charge < -0.3 is 10.6 Å². The highest BCUT2D eigenvalue weighted by Crippen LogP contribution is 2.49. The van der Waals surface area contributed by atoms with E-state index in [9.17, 15) is 5.26 Å². The largest absolute Gasteiger partial charge is 0.383 e. The molecule has 0 atom stereocenters. The summed E-state index contributed by atoms with van der Waals surface area (Å²) < 4.78 is 0. The Labute approximate surface area is 158 Å². The van der Waals surface area contributed by atoms with E-state index >= 15 is 0 Å². The van der Waals surface area contributed by atoms with Crippen molar-refractivity contribution < 1.29 is 0 Å². The molecular formula is C20H23N5S. The van der Waals surface area contributed by atoms with Crippen LogP contribution in [0.5, 0.6) is 0 Å². The summed E-state index contributed by atoms with van der Waals surface area (Å²) >= 11 is 1.74. The van der Waals surface area contributed by atoms with Gasteiger partial charge in [0.2, 0.25) is 0 Å². The molecule has 0 aromatic carbocycles. The van der Waals surface area contributed by atoms with E-state index in [1.165, 1.54) is 37.2 Å². The summed E-state index contributed by atoms with van der Waals surface area (Å²) in [5.41, 5.74) is 11.4. The molecule has 4 aliphatic rings. The molecule has 0 saturated carbocycles. The van der Waals surface area contributed by atoms with Crippen LogP contribution >= 0.6 is 11.3 Å². The van der Waals surface area contributed by atoms with Crippen molar-refractivity contribution in [3.63, 3.8) is 0 Å². The molecule has 26 heavy (non-hydrogen) atoms. The zero-order valence-electron chi connectivity index (χ0n) is 14.9. The van der Waals surface area contributed by atoms with E-state index in [0.29, 0.717) is 17.3 Å². The van der Waals surface area contributed by atoms with Crippen molar-refractivity contribution in [1.29, 1.82) is 5.26 Å². The van der Waals surface area contributed by atoms with Gasteiger partial charge in [-0.25, -0.2) is 4.98 Å². The van der Waals surface area contributed by atoms with E-state index in [0.717, 1.165) is 48.6 Å². The maximum absolute atomic E-state index is 9.78. The summed E-state index contributed by atoms with van der Waals surface area (Å²) in [5.74, 6) is 0.886. The molecule has 2 bridgehead atoms. The maximum atomic E-state index is 9.78. The van der Waals surface area contributed by atoms with Gasteiger partial charge in [-0.15, -0.1) is 11.3 Å². The number of nitriles is 1. The average molecular weight is 366 g/mol. The first-order valence-corrected chi connectivity index (χ1v) is 10.4. The second-order valence-corrected chi connectivity index (χ2v) is 8.57. The molecule has 2 N–H and O–H groups in total. The van der Waals surface area contributed by atoms with Crippen LogP contribution in [0.4, 0.5) is 11.5 Å². The van der Waals surface area contributed by atoms with Gasteiger partial charge >= 0.3 is 0 Å². The predicted octanol–water partition coefficient (Wildman–Crippen LogP) is 3.56. The molecule has 134 valence electrons. The number of piperidine rings is 1. The molecule has 0 unspecified atom stereocenters. The molecule has 5 nitrogen and oxygen atoms in total. The zero-order valence-corrected chi connectivity index (χ0v) is 15.7. The second kappa shape index (κ2) is 6.26. The Balaban J connectivity index is 1.60. The third-order valence-corrected chi connectivity index (χ3v) is 7.04. The van der Waals surface area contributed by atoms with Gasteiger partial charge in [0.1, 0.15) is 17.5 Å². The monoisotopic (exact) mass is 365 g/mol. The molecule has 0 aliphatic carbocycles. The smallest absolute Gasteiger partial charge is 0.142 e. The third-order valence-electron chi connectivity index (χ3n) is 6.04. The zero-order chi connectivity index (χ0) is 17.7. The van der Waals surface area contributed by atoms with Gasteiger partial charge in [-0.05, 0) is 55.8 Å². The number of pyridine rings is 1. The van der Waals surface area contributed by atoms with Crippen LogP contribution in [0.25, 0.3) is 10.4 Å². The van der Waals surface area contributed by atoms with Crippen molar-refractivity contribution >= 4 is 22.8 Å². The van der Waals surface area contributed by atoms with Crippen molar-refractivity contribution in [3.05, 3.63) is 28.3 Å². The standard InChI is InChI=1S/C20H23N5S/c21-10-15-17(16-9-13(12-26-16)11-24-5-1-2-6-24)19-18(23-20(15)22)14-3-7-25(19)8-4-14/h9,12,14H,1-8,11H2,(H2,22,23). The van der Waals surface area contributed by atoms with Gasteiger partial charge in [0, 0.05) is 36.0 Å². The fourth-order valence-electron chi connectivity index (χ4n) is 4.74. The normalized spacial score (nSPS) is 19.7. The topological polar surface area (TPSA) is 69.2 Å². The summed E-state index contributed by atoms with van der Waals surface area (Å²) in [4.78, 5) is 10.7. The summed E-state index contributed by atoms with van der Waals surface area (Å²) in [6, 6.07) is 4.60. The van der Waals surface area contributed by atoms with Gasteiger partial charge in [-0.3, -0.25) is 4.90 Å².